The van der Waals surface area contributed by atoms with E-state index in [0.29, 0.717) is 23.0 Å². The van der Waals surface area contributed by atoms with Crippen LogP contribution in [0, 0.1) is 0 Å². The summed E-state index contributed by atoms with van der Waals surface area (Å²) >= 11 is 1.70. The Balaban J connectivity index is 1.93. The van der Waals surface area contributed by atoms with Crippen molar-refractivity contribution in [1.29, 1.82) is 0 Å². The van der Waals surface area contributed by atoms with Gasteiger partial charge in [0.2, 0.25) is 0 Å². The number of benzene rings is 1. The Hall–Kier alpha value is -2.93. The smallest absolute Gasteiger partial charge is 0.181 e. The van der Waals surface area contributed by atoms with Crippen LogP contribution in [0.15, 0.2) is 36.7 Å². The van der Waals surface area contributed by atoms with Gasteiger partial charge in [0, 0.05) is 16.5 Å². The van der Waals surface area contributed by atoms with E-state index < -0.39 is 0 Å². The summed E-state index contributed by atoms with van der Waals surface area (Å²) in [5.41, 5.74) is 3.08. The molecule has 4 rings (SSSR count). The van der Waals surface area contributed by atoms with Crippen LogP contribution in [-0.4, -0.2) is 34.2 Å². The Bertz CT molecular complexity index is 1050. The lowest BCUT2D eigenvalue weighted by Crippen LogP contribution is -1.95. The molecule has 4 aromatic rings. The van der Waals surface area contributed by atoms with Crippen molar-refractivity contribution >= 4 is 22.5 Å². The van der Waals surface area contributed by atoms with Crippen molar-refractivity contribution in [2.24, 2.45) is 0 Å². The molecule has 0 amide bonds. The molecule has 7 heteroatoms. The summed E-state index contributed by atoms with van der Waals surface area (Å²) in [6, 6.07) is 9.88. The van der Waals surface area contributed by atoms with E-state index in [1.807, 2.05) is 18.2 Å². The first-order valence-corrected chi connectivity index (χ1v) is 9.07. The van der Waals surface area contributed by atoms with Crippen LogP contribution in [0.25, 0.3) is 33.1 Å². The highest BCUT2D eigenvalue weighted by Gasteiger charge is 2.16. The van der Waals surface area contributed by atoms with Crippen molar-refractivity contribution in [2.45, 2.75) is 13.3 Å². The van der Waals surface area contributed by atoms with Crippen LogP contribution in [0.1, 0.15) is 11.8 Å². The lowest BCUT2D eigenvalue weighted by molar-refractivity contribution is 0.394. The van der Waals surface area contributed by atoms with Crippen molar-refractivity contribution < 1.29 is 9.47 Å². The molecule has 0 aliphatic heterocycles. The van der Waals surface area contributed by atoms with Crippen molar-refractivity contribution in [1.82, 2.24) is 19.9 Å². The van der Waals surface area contributed by atoms with E-state index in [4.69, 9.17) is 14.5 Å². The third-order valence-corrected chi connectivity index (χ3v) is 5.37. The number of aromatic amines is 1. The molecular weight excluding hydrogens is 348 g/mol. The Kier molecular flexibility index (Phi) is 4.30. The van der Waals surface area contributed by atoms with Crippen molar-refractivity contribution in [3.05, 3.63) is 41.5 Å². The third kappa shape index (κ3) is 2.90. The Morgan fingerprint density at radius 3 is 2.46 bits per heavy atom. The molecule has 0 bridgehead atoms. The van der Waals surface area contributed by atoms with Crippen LogP contribution in [0.2, 0.25) is 0 Å². The van der Waals surface area contributed by atoms with Gasteiger partial charge in [0.1, 0.15) is 22.7 Å². The summed E-state index contributed by atoms with van der Waals surface area (Å²) in [7, 11) is 3.27. The lowest BCUT2D eigenvalue weighted by Gasteiger charge is -2.09. The quantitative estimate of drug-likeness (QED) is 0.569. The highest BCUT2D eigenvalue weighted by molar-refractivity contribution is 7.15. The Morgan fingerprint density at radius 2 is 1.81 bits per heavy atom. The maximum atomic E-state index is 5.40. The summed E-state index contributed by atoms with van der Waals surface area (Å²) in [5, 5.41) is 0. The fraction of sp³-hybridized carbons (Fsp3) is 0.211. The van der Waals surface area contributed by atoms with Crippen LogP contribution >= 0.6 is 11.3 Å². The first-order valence-electron chi connectivity index (χ1n) is 8.25. The first kappa shape index (κ1) is 16.5. The number of nitrogens with one attached hydrogen (secondary N) is 1. The van der Waals surface area contributed by atoms with E-state index in [-0.39, 0.29) is 0 Å². The molecule has 3 aromatic heterocycles. The zero-order valence-corrected chi connectivity index (χ0v) is 15.6. The van der Waals surface area contributed by atoms with Gasteiger partial charge in [-0.25, -0.2) is 15.0 Å². The number of aryl methyl sites for hydroxylation is 1. The number of hydrogen-bond donors (Lipinski definition) is 1. The van der Waals surface area contributed by atoms with Gasteiger partial charge in [-0.05, 0) is 30.7 Å². The van der Waals surface area contributed by atoms with Crippen LogP contribution in [0.3, 0.4) is 0 Å². The normalized spacial score (nSPS) is 11.0. The number of methoxy groups -OCH3 is 2. The van der Waals surface area contributed by atoms with Crippen molar-refractivity contribution in [3.63, 3.8) is 0 Å². The molecule has 6 nitrogen and oxygen atoms in total. The molecule has 0 radical (unpaired) electrons. The number of H-pyrrole nitrogens is 1. The number of imidazole rings is 1. The van der Waals surface area contributed by atoms with Crippen LogP contribution in [0.5, 0.6) is 11.5 Å². The van der Waals surface area contributed by atoms with E-state index in [0.717, 1.165) is 28.1 Å². The molecule has 0 saturated heterocycles. The minimum absolute atomic E-state index is 0.637. The minimum Gasteiger partial charge on any atom is -0.497 e. The number of nitrogens with zero attached hydrogens (tertiary/aromatic N) is 3. The monoisotopic (exact) mass is 366 g/mol. The molecule has 0 unspecified atom stereocenters. The number of aromatic nitrogens is 4. The molecule has 0 fully saturated rings. The van der Waals surface area contributed by atoms with Crippen molar-refractivity contribution in [3.8, 4) is 33.5 Å². The van der Waals surface area contributed by atoms with E-state index in [2.05, 4.69) is 34.0 Å². The van der Waals surface area contributed by atoms with Crippen LogP contribution in [-0.2, 0) is 6.42 Å². The van der Waals surface area contributed by atoms with Gasteiger partial charge in [0.25, 0.3) is 0 Å². The van der Waals surface area contributed by atoms with E-state index in [1.165, 1.54) is 4.88 Å². The van der Waals surface area contributed by atoms with E-state index >= 15 is 0 Å². The summed E-state index contributed by atoms with van der Waals surface area (Å²) < 4.78 is 10.8. The topological polar surface area (TPSA) is 72.9 Å². The second kappa shape index (κ2) is 6.76. The van der Waals surface area contributed by atoms with E-state index in [1.54, 1.807) is 31.9 Å². The predicted octanol–water partition coefficient (Wildman–Crippen LogP) is 4.33. The summed E-state index contributed by atoms with van der Waals surface area (Å²) in [6.45, 7) is 2.14. The fourth-order valence-corrected chi connectivity index (χ4v) is 3.67. The number of rotatable bonds is 5. The molecule has 1 aromatic carbocycles. The average molecular weight is 366 g/mol. The number of thiophene rings is 1. The van der Waals surface area contributed by atoms with Crippen molar-refractivity contribution in [2.75, 3.05) is 14.2 Å². The van der Waals surface area contributed by atoms with Gasteiger partial charge in [-0.15, -0.1) is 11.3 Å². The molecule has 132 valence electrons. The minimum atomic E-state index is 0.637. The molecule has 0 atom stereocenters. The van der Waals surface area contributed by atoms with Gasteiger partial charge in [0.05, 0.1) is 25.4 Å². The third-order valence-electron chi connectivity index (χ3n) is 4.14. The number of ether oxygens (including phenoxy) is 2. The lowest BCUT2D eigenvalue weighted by atomic mass is 10.1. The maximum absolute atomic E-state index is 5.40. The zero-order chi connectivity index (χ0) is 18.1. The molecular formula is C19H18N4O2S. The van der Waals surface area contributed by atoms with Gasteiger partial charge in [0.15, 0.2) is 11.5 Å². The predicted molar refractivity (Wildman–Crippen MR) is 103 cm³/mol. The average Bonchev–Trinajstić information content (AvgIpc) is 3.35. The highest BCUT2D eigenvalue weighted by Crippen LogP contribution is 2.34. The first-order chi connectivity index (χ1) is 12.7. The molecule has 0 spiro atoms. The molecule has 26 heavy (non-hydrogen) atoms. The zero-order valence-electron chi connectivity index (χ0n) is 14.7. The Morgan fingerprint density at radius 1 is 1.04 bits per heavy atom. The fourth-order valence-electron chi connectivity index (χ4n) is 2.78. The van der Waals surface area contributed by atoms with Gasteiger partial charge in [-0.2, -0.15) is 0 Å². The van der Waals surface area contributed by atoms with Gasteiger partial charge in [-0.1, -0.05) is 6.92 Å². The second-order valence-corrected chi connectivity index (χ2v) is 6.89. The molecule has 3 heterocycles. The van der Waals surface area contributed by atoms with Gasteiger partial charge >= 0.3 is 0 Å². The maximum Gasteiger partial charge on any atom is 0.181 e. The van der Waals surface area contributed by atoms with Crippen LogP contribution in [0.4, 0.5) is 0 Å². The second-order valence-electron chi connectivity index (χ2n) is 5.72. The SMILES string of the molecule is CCc1ccc(-c2nc(-c3cc(OC)cc(OC)c3)c3[nH]cnc3n2)s1. The summed E-state index contributed by atoms with van der Waals surface area (Å²) in [6.07, 6.45) is 2.63. The highest BCUT2D eigenvalue weighted by atomic mass is 32.1. The van der Waals surface area contributed by atoms with E-state index in [9.17, 15) is 0 Å². The standard InChI is InChI=1S/C19H18N4O2S/c1-4-14-5-6-15(26-14)18-22-16(17-19(23-18)21-10-20-17)11-7-12(24-2)9-13(8-11)25-3/h5-10H,4H2,1-3H3,(H,20,21,22,23). The van der Waals surface area contributed by atoms with Gasteiger partial charge < -0.3 is 14.5 Å². The number of fused-ring (bicyclic) bond motifs is 1. The number of hydrogen-bond acceptors (Lipinski definition) is 6. The van der Waals surface area contributed by atoms with Crippen LogP contribution < -0.4 is 9.47 Å². The molecule has 0 aliphatic carbocycles. The van der Waals surface area contributed by atoms with Gasteiger partial charge in [-0.3, -0.25) is 0 Å². The molecule has 0 saturated carbocycles. The largest absolute Gasteiger partial charge is 0.497 e. The summed E-state index contributed by atoms with van der Waals surface area (Å²) in [4.78, 5) is 19.3. The Labute approximate surface area is 154 Å². The molecule has 0 aliphatic rings. The molecule has 1 N–H and O–H groups in total. The summed E-state index contributed by atoms with van der Waals surface area (Å²) in [5.74, 6) is 2.08.